The number of carbonyl (C=O) groups is 1. The Bertz CT molecular complexity index is 1120. The molecule has 0 unspecified atom stereocenters. The average Bonchev–Trinajstić information content (AvgIpc) is 3.34. The maximum Gasteiger partial charge on any atom is 0.241 e. The third-order valence-electron chi connectivity index (χ3n) is 5.63. The molecular formula is C24H28FN5O3. The Morgan fingerprint density at radius 1 is 1.27 bits per heavy atom. The second-order valence-electron chi connectivity index (χ2n) is 8.23. The third kappa shape index (κ3) is 5.32. The van der Waals surface area contributed by atoms with Crippen LogP contribution in [0, 0.1) is 5.82 Å². The molecule has 1 atom stereocenters. The van der Waals surface area contributed by atoms with Crippen molar-refractivity contribution in [1.82, 2.24) is 20.4 Å². The number of aromatic nitrogens is 2. The number of aromatic amines is 1. The first-order chi connectivity index (χ1) is 15.9. The highest BCUT2D eigenvalue weighted by Crippen LogP contribution is 2.34. The summed E-state index contributed by atoms with van der Waals surface area (Å²) in [5, 5.41) is 12.7. The number of nitrogens with zero attached hydrogens (tertiary/aromatic N) is 2. The molecule has 174 valence electrons. The Labute approximate surface area is 192 Å². The zero-order valence-corrected chi connectivity index (χ0v) is 18.9. The minimum Gasteiger partial charge on any atom is -0.497 e. The lowest BCUT2D eigenvalue weighted by atomic mass is 9.95. The summed E-state index contributed by atoms with van der Waals surface area (Å²) in [4.78, 5) is 15.1. The number of anilines is 1. The van der Waals surface area contributed by atoms with Gasteiger partial charge >= 0.3 is 0 Å². The van der Waals surface area contributed by atoms with Gasteiger partial charge in [-0.05, 0) is 49.8 Å². The van der Waals surface area contributed by atoms with Crippen LogP contribution in [0.15, 0.2) is 42.7 Å². The van der Waals surface area contributed by atoms with Crippen LogP contribution in [0.1, 0.15) is 11.1 Å². The fourth-order valence-electron chi connectivity index (χ4n) is 3.75. The van der Waals surface area contributed by atoms with E-state index in [1.54, 1.807) is 19.4 Å². The van der Waals surface area contributed by atoms with Crippen molar-refractivity contribution in [2.45, 2.75) is 19.0 Å². The van der Waals surface area contributed by atoms with E-state index >= 15 is 0 Å². The van der Waals surface area contributed by atoms with E-state index in [0.717, 1.165) is 16.9 Å². The van der Waals surface area contributed by atoms with Crippen LogP contribution in [0.5, 0.6) is 11.5 Å². The number of ether oxygens (including phenoxy) is 2. The van der Waals surface area contributed by atoms with E-state index in [1.165, 1.54) is 12.3 Å². The van der Waals surface area contributed by atoms with Gasteiger partial charge in [0.1, 0.15) is 23.9 Å². The van der Waals surface area contributed by atoms with Crippen LogP contribution in [0.3, 0.4) is 0 Å². The molecule has 1 aromatic heterocycles. The predicted molar refractivity (Wildman–Crippen MR) is 124 cm³/mol. The molecule has 2 heterocycles. The van der Waals surface area contributed by atoms with Crippen molar-refractivity contribution in [2.24, 2.45) is 0 Å². The van der Waals surface area contributed by atoms with E-state index < -0.39 is 11.9 Å². The highest BCUT2D eigenvalue weighted by Gasteiger charge is 2.26. The molecule has 0 fully saturated rings. The second kappa shape index (κ2) is 10.0. The molecular weight excluding hydrogens is 425 g/mol. The van der Waals surface area contributed by atoms with E-state index in [4.69, 9.17) is 9.47 Å². The van der Waals surface area contributed by atoms with Crippen molar-refractivity contribution in [3.8, 4) is 22.6 Å². The monoisotopic (exact) mass is 453 g/mol. The van der Waals surface area contributed by atoms with Crippen molar-refractivity contribution in [3.63, 3.8) is 0 Å². The number of H-pyrrole nitrogens is 1. The summed E-state index contributed by atoms with van der Waals surface area (Å²) in [6.45, 7) is 1.63. The van der Waals surface area contributed by atoms with Gasteiger partial charge in [0.15, 0.2) is 0 Å². The quantitative estimate of drug-likeness (QED) is 0.486. The van der Waals surface area contributed by atoms with Gasteiger partial charge in [0.05, 0.1) is 25.0 Å². The lowest BCUT2D eigenvalue weighted by Crippen LogP contribution is -2.44. The van der Waals surface area contributed by atoms with Crippen molar-refractivity contribution < 1.29 is 18.7 Å². The molecule has 0 saturated carbocycles. The fourth-order valence-corrected chi connectivity index (χ4v) is 3.75. The summed E-state index contributed by atoms with van der Waals surface area (Å²) < 4.78 is 26.2. The van der Waals surface area contributed by atoms with Gasteiger partial charge in [-0.3, -0.25) is 9.89 Å². The van der Waals surface area contributed by atoms with Crippen LogP contribution in [0.2, 0.25) is 0 Å². The number of fused-ring (bicyclic) bond motifs is 1. The maximum absolute atomic E-state index is 14.9. The summed E-state index contributed by atoms with van der Waals surface area (Å²) in [7, 11) is 5.50. The van der Waals surface area contributed by atoms with Crippen molar-refractivity contribution >= 4 is 11.6 Å². The van der Waals surface area contributed by atoms with Crippen LogP contribution in [-0.4, -0.2) is 61.4 Å². The number of carbonyl (C=O) groups excluding carboxylic acids is 1. The van der Waals surface area contributed by atoms with E-state index in [-0.39, 0.29) is 5.91 Å². The molecule has 1 aliphatic heterocycles. The average molecular weight is 454 g/mol. The Morgan fingerprint density at radius 3 is 2.85 bits per heavy atom. The minimum absolute atomic E-state index is 0.253. The molecule has 2 aromatic carbocycles. The Kier molecular flexibility index (Phi) is 6.90. The van der Waals surface area contributed by atoms with Gasteiger partial charge in [-0.25, -0.2) is 4.39 Å². The van der Waals surface area contributed by atoms with Gasteiger partial charge in [-0.15, -0.1) is 0 Å². The SMILES string of the molecule is COc1ccc2c(c1)C[C@H](C(=O)Nc1cc(F)c(-c3cn[nH]c3)cc1OCCN(C)C)NC2. The van der Waals surface area contributed by atoms with E-state index in [1.807, 2.05) is 37.2 Å². The van der Waals surface area contributed by atoms with Crippen LogP contribution in [0.25, 0.3) is 11.1 Å². The summed E-state index contributed by atoms with van der Waals surface area (Å²) >= 11 is 0. The number of rotatable bonds is 8. The molecule has 3 aromatic rings. The van der Waals surface area contributed by atoms with Gasteiger partial charge in [0, 0.05) is 36.5 Å². The summed E-state index contributed by atoms with van der Waals surface area (Å²) in [5.41, 5.74) is 3.42. The number of halogens is 1. The first kappa shape index (κ1) is 22.8. The van der Waals surface area contributed by atoms with Crippen LogP contribution >= 0.6 is 0 Å². The molecule has 33 heavy (non-hydrogen) atoms. The lowest BCUT2D eigenvalue weighted by molar-refractivity contribution is -0.118. The number of methoxy groups -OCH3 is 1. The number of likely N-dealkylation sites (N-methyl/N-ethyl adjacent to an activating group) is 1. The fraction of sp³-hybridized carbons (Fsp3) is 0.333. The van der Waals surface area contributed by atoms with E-state index in [9.17, 15) is 9.18 Å². The lowest BCUT2D eigenvalue weighted by Gasteiger charge is -2.26. The van der Waals surface area contributed by atoms with Crippen LogP contribution in [-0.2, 0) is 17.8 Å². The van der Waals surface area contributed by atoms with Gasteiger partial charge in [0.2, 0.25) is 5.91 Å². The molecule has 0 spiro atoms. The number of amides is 1. The summed E-state index contributed by atoms with van der Waals surface area (Å²) in [5.74, 6) is 0.429. The first-order valence-corrected chi connectivity index (χ1v) is 10.7. The highest BCUT2D eigenvalue weighted by molar-refractivity contribution is 5.97. The molecule has 0 bridgehead atoms. The molecule has 3 N–H and O–H groups in total. The summed E-state index contributed by atoms with van der Waals surface area (Å²) in [6.07, 6.45) is 3.65. The minimum atomic E-state index is -0.474. The largest absolute Gasteiger partial charge is 0.497 e. The Hall–Kier alpha value is -3.43. The van der Waals surface area contributed by atoms with Crippen molar-refractivity contribution in [2.75, 3.05) is 39.7 Å². The molecule has 1 amide bonds. The Balaban J connectivity index is 1.55. The third-order valence-corrected chi connectivity index (χ3v) is 5.63. The predicted octanol–water partition coefficient (Wildman–Crippen LogP) is 2.82. The van der Waals surface area contributed by atoms with Crippen LogP contribution in [0.4, 0.5) is 10.1 Å². The summed E-state index contributed by atoms with van der Waals surface area (Å²) in [6, 6.07) is 8.28. The van der Waals surface area contributed by atoms with E-state index in [2.05, 4.69) is 20.8 Å². The van der Waals surface area contributed by atoms with Gasteiger partial charge < -0.3 is 25.0 Å². The molecule has 9 heteroatoms. The first-order valence-electron chi connectivity index (χ1n) is 10.7. The smallest absolute Gasteiger partial charge is 0.241 e. The molecule has 0 radical (unpaired) electrons. The van der Waals surface area contributed by atoms with Gasteiger partial charge in [-0.2, -0.15) is 5.10 Å². The van der Waals surface area contributed by atoms with Gasteiger partial charge in [0.25, 0.3) is 0 Å². The molecule has 0 aliphatic carbocycles. The zero-order valence-electron chi connectivity index (χ0n) is 18.9. The Morgan fingerprint density at radius 2 is 2.12 bits per heavy atom. The molecule has 4 rings (SSSR count). The number of hydrogen-bond acceptors (Lipinski definition) is 6. The molecule has 8 nitrogen and oxygen atoms in total. The standard InChI is InChI=1S/C24H28FN5O3/c1-30(2)6-7-33-23-10-19(17-13-27-28-14-17)20(25)11-21(23)29-24(31)22-9-16-8-18(32-3)5-4-15(16)12-26-22/h4-5,8,10-11,13-14,22,26H,6-7,9,12H2,1-3H3,(H,27,28)(H,29,31)/t22-/m1/s1. The number of hydrogen-bond donors (Lipinski definition) is 3. The second-order valence-corrected chi connectivity index (χ2v) is 8.23. The topological polar surface area (TPSA) is 91.5 Å². The van der Waals surface area contributed by atoms with Crippen molar-refractivity contribution in [1.29, 1.82) is 0 Å². The molecule has 1 aliphatic rings. The van der Waals surface area contributed by atoms with Crippen LogP contribution < -0.4 is 20.1 Å². The molecule has 0 saturated heterocycles. The number of benzene rings is 2. The van der Waals surface area contributed by atoms with Crippen molar-refractivity contribution in [3.05, 3.63) is 59.7 Å². The van der Waals surface area contributed by atoms with E-state index in [0.29, 0.717) is 48.7 Å². The highest BCUT2D eigenvalue weighted by atomic mass is 19.1. The normalized spacial score (nSPS) is 15.2. The zero-order chi connectivity index (χ0) is 23.4. The number of nitrogens with one attached hydrogen (secondary N) is 3. The maximum atomic E-state index is 14.9. The van der Waals surface area contributed by atoms with Gasteiger partial charge in [-0.1, -0.05) is 6.07 Å².